The van der Waals surface area contributed by atoms with E-state index >= 15 is 0 Å². The Morgan fingerprint density at radius 2 is 2.07 bits per heavy atom. The molecule has 1 amide bonds. The summed E-state index contributed by atoms with van der Waals surface area (Å²) in [5, 5.41) is 7.25. The van der Waals surface area contributed by atoms with Crippen LogP contribution in [0.1, 0.15) is 71.8 Å². The molecule has 156 valence electrons. The van der Waals surface area contributed by atoms with Crippen molar-refractivity contribution in [3.63, 3.8) is 0 Å². The largest absolute Gasteiger partial charge is 0.337 e. The van der Waals surface area contributed by atoms with E-state index in [-0.39, 0.29) is 11.8 Å². The highest BCUT2D eigenvalue weighted by molar-refractivity contribution is 5.92. The summed E-state index contributed by atoms with van der Waals surface area (Å²) in [5.74, 6) is 1.25. The molecule has 0 saturated carbocycles. The smallest absolute Gasteiger partial charge is 0.274 e. The zero-order chi connectivity index (χ0) is 21.3. The number of aromatic nitrogens is 4. The molecule has 1 aromatic carbocycles. The van der Waals surface area contributed by atoms with Crippen LogP contribution < -0.4 is 0 Å². The van der Waals surface area contributed by atoms with Crippen LogP contribution in [0.4, 0.5) is 0 Å². The average Bonchev–Trinajstić information content (AvgIpc) is 3.24. The van der Waals surface area contributed by atoms with E-state index in [1.165, 1.54) is 5.56 Å². The standard InChI is InChI=1S/C24H29N5O/c1-15(2)21-12-22(28-27-21)24(30)29-10-6-9-19(14-29)23-20(13-25-17(4)26-23)18-8-5-7-16(3)11-18/h5,7-8,11-13,15,19H,6,9-10,14H2,1-4H3,(H,27,28). The number of nitrogens with one attached hydrogen (secondary N) is 1. The third-order valence-corrected chi connectivity index (χ3v) is 5.80. The molecule has 2 aromatic heterocycles. The van der Waals surface area contributed by atoms with Crippen molar-refractivity contribution in [3.05, 3.63) is 65.0 Å². The minimum atomic E-state index is -0.00858. The summed E-state index contributed by atoms with van der Waals surface area (Å²) in [7, 11) is 0. The molecular formula is C24H29N5O. The highest BCUT2D eigenvalue weighted by Gasteiger charge is 2.29. The second-order valence-electron chi connectivity index (χ2n) is 8.54. The third-order valence-electron chi connectivity index (χ3n) is 5.80. The zero-order valence-corrected chi connectivity index (χ0v) is 18.1. The van der Waals surface area contributed by atoms with Gasteiger partial charge in [0.05, 0.1) is 5.69 Å². The molecule has 0 spiro atoms. The Morgan fingerprint density at radius 3 is 2.80 bits per heavy atom. The molecule has 30 heavy (non-hydrogen) atoms. The van der Waals surface area contributed by atoms with Crippen molar-refractivity contribution >= 4 is 5.91 Å². The fraction of sp³-hybridized carbons (Fsp3) is 0.417. The summed E-state index contributed by atoms with van der Waals surface area (Å²) in [5.41, 5.74) is 5.92. The fourth-order valence-corrected chi connectivity index (χ4v) is 4.12. The molecule has 6 heteroatoms. The van der Waals surface area contributed by atoms with Gasteiger partial charge in [0.25, 0.3) is 5.91 Å². The highest BCUT2D eigenvalue weighted by Crippen LogP contribution is 2.33. The SMILES string of the molecule is Cc1cccc(-c2cnc(C)nc2C2CCCN(C(=O)c3cc(C(C)C)[nH]n3)C2)c1. The lowest BCUT2D eigenvalue weighted by Gasteiger charge is -2.33. The molecule has 1 unspecified atom stereocenters. The Morgan fingerprint density at radius 1 is 1.23 bits per heavy atom. The first-order valence-corrected chi connectivity index (χ1v) is 10.7. The Kier molecular flexibility index (Phi) is 5.66. The van der Waals surface area contributed by atoms with Crippen LogP contribution >= 0.6 is 0 Å². The van der Waals surface area contributed by atoms with Gasteiger partial charge >= 0.3 is 0 Å². The van der Waals surface area contributed by atoms with Crippen molar-refractivity contribution in [2.75, 3.05) is 13.1 Å². The number of likely N-dealkylation sites (tertiary alicyclic amines) is 1. The van der Waals surface area contributed by atoms with Gasteiger partial charge in [-0.15, -0.1) is 0 Å². The van der Waals surface area contributed by atoms with Crippen LogP contribution in [-0.2, 0) is 0 Å². The zero-order valence-electron chi connectivity index (χ0n) is 18.1. The fourth-order valence-electron chi connectivity index (χ4n) is 4.12. The number of carbonyl (C=O) groups is 1. The maximum absolute atomic E-state index is 13.1. The Bertz CT molecular complexity index is 1060. The molecular weight excluding hydrogens is 374 g/mol. The molecule has 1 fully saturated rings. The summed E-state index contributed by atoms with van der Waals surface area (Å²) in [6.45, 7) is 9.59. The number of benzene rings is 1. The van der Waals surface area contributed by atoms with Gasteiger partial charge in [-0.3, -0.25) is 9.89 Å². The summed E-state index contributed by atoms with van der Waals surface area (Å²) < 4.78 is 0. The summed E-state index contributed by atoms with van der Waals surface area (Å²) in [6.07, 6.45) is 3.89. The molecule has 6 nitrogen and oxygen atoms in total. The van der Waals surface area contributed by atoms with Crippen LogP contribution in [0.15, 0.2) is 36.5 Å². The number of carbonyl (C=O) groups excluding carboxylic acids is 1. The van der Waals surface area contributed by atoms with E-state index in [2.05, 4.69) is 60.2 Å². The number of amides is 1. The first-order valence-electron chi connectivity index (χ1n) is 10.7. The Balaban J connectivity index is 1.62. The van der Waals surface area contributed by atoms with E-state index < -0.39 is 0 Å². The maximum atomic E-state index is 13.1. The second-order valence-corrected chi connectivity index (χ2v) is 8.54. The van der Waals surface area contributed by atoms with E-state index in [0.717, 1.165) is 47.7 Å². The van der Waals surface area contributed by atoms with Gasteiger partial charge in [0, 0.05) is 36.5 Å². The molecule has 3 aromatic rings. The lowest BCUT2D eigenvalue weighted by atomic mass is 9.89. The quantitative estimate of drug-likeness (QED) is 0.689. The van der Waals surface area contributed by atoms with Gasteiger partial charge < -0.3 is 4.90 Å². The van der Waals surface area contributed by atoms with Gasteiger partial charge in [0.2, 0.25) is 0 Å². The normalized spacial score (nSPS) is 16.8. The highest BCUT2D eigenvalue weighted by atomic mass is 16.2. The topological polar surface area (TPSA) is 74.8 Å². The van der Waals surface area contributed by atoms with Crippen molar-refractivity contribution < 1.29 is 4.79 Å². The minimum absolute atomic E-state index is 0.00858. The molecule has 1 aliphatic heterocycles. The number of nitrogens with zero attached hydrogens (tertiary/aromatic N) is 4. The van der Waals surface area contributed by atoms with Crippen molar-refractivity contribution in [2.24, 2.45) is 0 Å². The molecule has 1 N–H and O–H groups in total. The molecule has 0 bridgehead atoms. The Hall–Kier alpha value is -3.02. The van der Waals surface area contributed by atoms with Gasteiger partial charge in [-0.2, -0.15) is 5.10 Å². The molecule has 0 radical (unpaired) electrons. The monoisotopic (exact) mass is 403 g/mol. The first-order chi connectivity index (χ1) is 14.4. The van der Waals surface area contributed by atoms with E-state index in [1.54, 1.807) is 0 Å². The minimum Gasteiger partial charge on any atom is -0.337 e. The van der Waals surface area contributed by atoms with Crippen LogP contribution in [0.2, 0.25) is 0 Å². The predicted octanol–water partition coefficient (Wildman–Crippen LogP) is 4.63. The van der Waals surface area contributed by atoms with Crippen LogP contribution in [0.25, 0.3) is 11.1 Å². The molecule has 3 heterocycles. The van der Waals surface area contributed by atoms with Crippen molar-refractivity contribution in [2.45, 2.75) is 52.4 Å². The molecule has 1 atom stereocenters. The van der Waals surface area contributed by atoms with E-state index in [0.29, 0.717) is 18.2 Å². The van der Waals surface area contributed by atoms with Gasteiger partial charge in [-0.25, -0.2) is 9.97 Å². The number of hydrogen-bond acceptors (Lipinski definition) is 4. The predicted molar refractivity (Wildman–Crippen MR) is 117 cm³/mol. The average molecular weight is 404 g/mol. The van der Waals surface area contributed by atoms with Crippen molar-refractivity contribution in [3.8, 4) is 11.1 Å². The maximum Gasteiger partial charge on any atom is 0.274 e. The van der Waals surface area contributed by atoms with E-state index in [1.807, 2.05) is 24.1 Å². The van der Waals surface area contributed by atoms with Crippen LogP contribution in [0.3, 0.4) is 0 Å². The number of rotatable bonds is 4. The van der Waals surface area contributed by atoms with Gasteiger partial charge in [-0.1, -0.05) is 43.7 Å². The molecule has 1 saturated heterocycles. The number of aryl methyl sites for hydroxylation is 2. The van der Waals surface area contributed by atoms with Crippen molar-refractivity contribution in [1.29, 1.82) is 0 Å². The third kappa shape index (κ3) is 4.13. The second kappa shape index (κ2) is 8.38. The molecule has 1 aliphatic rings. The lowest BCUT2D eigenvalue weighted by Crippen LogP contribution is -2.39. The van der Waals surface area contributed by atoms with Gasteiger partial charge in [0.1, 0.15) is 11.5 Å². The number of H-pyrrole nitrogens is 1. The number of piperidine rings is 1. The molecule has 4 rings (SSSR count). The molecule has 0 aliphatic carbocycles. The number of hydrogen-bond donors (Lipinski definition) is 1. The summed E-state index contributed by atoms with van der Waals surface area (Å²) in [4.78, 5) is 24.3. The van der Waals surface area contributed by atoms with Crippen LogP contribution in [-0.4, -0.2) is 44.1 Å². The lowest BCUT2D eigenvalue weighted by molar-refractivity contribution is 0.0700. The van der Waals surface area contributed by atoms with Crippen LogP contribution in [0, 0.1) is 13.8 Å². The van der Waals surface area contributed by atoms with E-state index in [4.69, 9.17) is 4.98 Å². The Labute approximate surface area is 177 Å². The van der Waals surface area contributed by atoms with Gasteiger partial charge in [0.15, 0.2) is 0 Å². The van der Waals surface area contributed by atoms with Crippen LogP contribution in [0.5, 0.6) is 0 Å². The van der Waals surface area contributed by atoms with E-state index in [9.17, 15) is 4.79 Å². The van der Waals surface area contributed by atoms with Gasteiger partial charge in [-0.05, 0) is 44.2 Å². The first kappa shape index (κ1) is 20.3. The summed E-state index contributed by atoms with van der Waals surface area (Å²) in [6, 6.07) is 10.3. The summed E-state index contributed by atoms with van der Waals surface area (Å²) >= 11 is 0. The van der Waals surface area contributed by atoms with Crippen molar-refractivity contribution in [1.82, 2.24) is 25.1 Å². The number of aromatic amines is 1.